The second-order valence-electron chi connectivity index (χ2n) is 8.44. The molecule has 8 heteroatoms. The van der Waals surface area contributed by atoms with Crippen LogP contribution in [0.25, 0.3) is 17.0 Å². The number of urea groups is 1. The Bertz CT molecular complexity index is 1430. The van der Waals surface area contributed by atoms with Crippen molar-refractivity contribution >= 4 is 17.3 Å². The Morgan fingerprint density at radius 2 is 1.83 bits per heavy atom. The van der Waals surface area contributed by atoms with Gasteiger partial charge in [-0.25, -0.2) is 9.18 Å². The van der Waals surface area contributed by atoms with E-state index in [9.17, 15) is 9.18 Å². The molecule has 5 rings (SSSR count). The molecular weight excluding hydrogens is 459 g/mol. The van der Waals surface area contributed by atoms with Crippen molar-refractivity contribution in [3.05, 3.63) is 101 Å². The minimum absolute atomic E-state index is 0.268. The van der Waals surface area contributed by atoms with Crippen molar-refractivity contribution in [2.45, 2.75) is 26.3 Å². The monoisotopic (exact) mass is 484 g/mol. The highest BCUT2D eigenvalue weighted by molar-refractivity contribution is 6.01. The summed E-state index contributed by atoms with van der Waals surface area (Å²) in [6, 6.07) is 20.3. The molecule has 0 saturated carbocycles. The van der Waals surface area contributed by atoms with Crippen molar-refractivity contribution < 1.29 is 18.4 Å². The van der Waals surface area contributed by atoms with Crippen LogP contribution in [0.4, 0.5) is 14.9 Å². The SMILES string of the molecule is CCc1ccc(-c2noc(C3=C(C)N(c4cccc(F)c4)C(=O)NC3c3ccc(OC)cc3)n2)cc1. The number of benzene rings is 3. The van der Waals surface area contributed by atoms with Gasteiger partial charge in [0.05, 0.1) is 24.4 Å². The molecule has 0 spiro atoms. The van der Waals surface area contributed by atoms with Crippen LogP contribution in [0.15, 0.2) is 83.0 Å². The Labute approximate surface area is 208 Å². The Morgan fingerprint density at radius 3 is 2.50 bits per heavy atom. The third kappa shape index (κ3) is 4.33. The van der Waals surface area contributed by atoms with E-state index in [-0.39, 0.29) is 5.89 Å². The minimum atomic E-state index is -0.566. The van der Waals surface area contributed by atoms with Gasteiger partial charge in [0.1, 0.15) is 11.6 Å². The first kappa shape index (κ1) is 23.3. The molecule has 0 fully saturated rings. The fraction of sp³-hybridized carbons (Fsp3) is 0.179. The van der Waals surface area contributed by atoms with Crippen molar-refractivity contribution in [2.24, 2.45) is 0 Å². The van der Waals surface area contributed by atoms with Crippen molar-refractivity contribution in [1.29, 1.82) is 0 Å². The number of nitrogens with zero attached hydrogens (tertiary/aromatic N) is 3. The van der Waals surface area contributed by atoms with Crippen LogP contribution in [0.3, 0.4) is 0 Å². The molecule has 1 unspecified atom stereocenters. The smallest absolute Gasteiger partial charge is 0.327 e. The zero-order valence-corrected chi connectivity index (χ0v) is 20.2. The van der Waals surface area contributed by atoms with Crippen molar-refractivity contribution in [1.82, 2.24) is 15.5 Å². The highest BCUT2D eigenvalue weighted by atomic mass is 19.1. The summed E-state index contributed by atoms with van der Waals surface area (Å²) in [5, 5.41) is 7.23. The maximum absolute atomic E-state index is 14.0. The summed E-state index contributed by atoms with van der Waals surface area (Å²) in [7, 11) is 1.59. The molecule has 0 aliphatic carbocycles. The van der Waals surface area contributed by atoms with Gasteiger partial charge in [-0.05, 0) is 54.8 Å². The van der Waals surface area contributed by atoms with E-state index in [0.29, 0.717) is 28.5 Å². The molecule has 2 amide bonds. The highest BCUT2D eigenvalue weighted by Gasteiger charge is 2.36. The van der Waals surface area contributed by atoms with Crippen LogP contribution in [0.5, 0.6) is 5.75 Å². The number of allylic oxidation sites excluding steroid dienone is 1. The molecule has 1 aromatic heterocycles. The van der Waals surface area contributed by atoms with Gasteiger partial charge in [-0.3, -0.25) is 4.90 Å². The second-order valence-corrected chi connectivity index (χ2v) is 8.44. The Hall–Kier alpha value is -4.46. The van der Waals surface area contributed by atoms with E-state index in [0.717, 1.165) is 17.5 Å². The summed E-state index contributed by atoms with van der Waals surface area (Å²) >= 11 is 0. The van der Waals surface area contributed by atoms with Crippen molar-refractivity contribution in [2.75, 3.05) is 12.0 Å². The summed E-state index contributed by atoms with van der Waals surface area (Å²) in [6.45, 7) is 3.88. The molecule has 4 aromatic rings. The molecule has 36 heavy (non-hydrogen) atoms. The van der Waals surface area contributed by atoms with Gasteiger partial charge >= 0.3 is 6.03 Å². The molecule has 0 bridgehead atoms. The van der Waals surface area contributed by atoms with E-state index < -0.39 is 17.9 Å². The number of hydrogen-bond donors (Lipinski definition) is 1. The molecular formula is C28H25FN4O3. The van der Waals surface area contributed by atoms with Gasteiger partial charge in [0.2, 0.25) is 5.82 Å². The average molecular weight is 485 g/mol. The van der Waals surface area contributed by atoms with Crippen LogP contribution in [-0.4, -0.2) is 23.3 Å². The lowest BCUT2D eigenvalue weighted by molar-refractivity contribution is 0.244. The maximum Gasteiger partial charge on any atom is 0.327 e. The Kier molecular flexibility index (Phi) is 6.25. The van der Waals surface area contributed by atoms with Crippen LogP contribution in [0, 0.1) is 5.82 Å². The summed E-state index contributed by atoms with van der Waals surface area (Å²) in [5.41, 5.74) is 4.41. The van der Waals surface area contributed by atoms with Crippen LogP contribution >= 0.6 is 0 Å². The molecule has 3 aromatic carbocycles. The predicted octanol–water partition coefficient (Wildman–Crippen LogP) is 6.15. The number of carbonyl (C=O) groups is 1. The number of rotatable bonds is 6. The van der Waals surface area contributed by atoms with Crippen molar-refractivity contribution in [3.63, 3.8) is 0 Å². The fourth-order valence-corrected chi connectivity index (χ4v) is 4.33. The van der Waals surface area contributed by atoms with Gasteiger partial charge in [-0.1, -0.05) is 54.5 Å². The van der Waals surface area contributed by atoms with E-state index in [1.165, 1.54) is 22.6 Å². The molecule has 1 aliphatic heterocycles. The predicted molar refractivity (Wildman–Crippen MR) is 135 cm³/mol. The number of hydrogen-bond acceptors (Lipinski definition) is 5. The van der Waals surface area contributed by atoms with E-state index in [2.05, 4.69) is 22.4 Å². The number of methoxy groups -OCH3 is 1. The van der Waals surface area contributed by atoms with Gasteiger partial charge in [0.25, 0.3) is 5.89 Å². The van der Waals surface area contributed by atoms with Crippen LogP contribution in [-0.2, 0) is 6.42 Å². The maximum atomic E-state index is 14.0. The van der Waals surface area contributed by atoms with Gasteiger partial charge in [0, 0.05) is 11.3 Å². The molecule has 0 saturated heterocycles. The number of carbonyl (C=O) groups excluding carboxylic acids is 1. The van der Waals surface area contributed by atoms with E-state index in [1.807, 2.05) is 48.5 Å². The molecule has 0 radical (unpaired) electrons. The summed E-state index contributed by atoms with van der Waals surface area (Å²) in [4.78, 5) is 19.3. The quantitative estimate of drug-likeness (QED) is 0.355. The lowest BCUT2D eigenvalue weighted by atomic mass is 9.94. The summed E-state index contributed by atoms with van der Waals surface area (Å²) in [5.74, 6) is 0.961. The second kappa shape index (κ2) is 9.65. The normalized spacial score (nSPS) is 15.7. The van der Waals surface area contributed by atoms with Crippen LogP contribution < -0.4 is 15.0 Å². The fourth-order valence-electron chi connectivity index (χ4n) is 4.33. The highest BCUT2D eigenvalue weighted by Crippen LogP contribution is 2.39. The number of aromatic nitrogens is 2. The standard InChI is InChI=1S/C28H25FN4O3/c1-4-18-8-10-20(11-9-18)26-31-27(36-32-26)24-17(2)33(22-7-5-6-21(29)16-22)28(34)30-25(24)19-12-14-23(35-3)15-13-19/h5-16,25H,4H2,1-3H3,(H,30,34). The van der Waals surface area contributed by atoms with Crippen molar-refractivity contribution in [3.8, 4) is 17.1 Å². The number of halogens is 1. The first-order valence-electron chi connectivity index (χ1n) is 11.6. The van der Waals surface area contributed by atoms with Crippen LogP contribution in [0.1, 0.15) is 36.9 Å². The first-order chi connectivity index (χ1) is 17.5. The molecule has 2 heterocycles. The molecule has 7 nitrogen and oxygen atoms in total. The van der Waals surface area contributed by atoms with Gasteiger partial charge < -0.3 is 14.6 Å². The first-order valence-corrected chi connectivity index (χ1v) is 11.6. The Balaban J connectivity index is 1.62. The lowest BCUT2D eigenvalue weighted by Gasteiger charge is -2.35. The van der Waals surface area contributed by atoms with E-state index in [1.54, 1.807) is 26.2 Å². The topological polar surface area (TPSA) is 80.5 Å². The molecule has 182 valence electrons. The lowest BCUT2D eigenvalue weighted by Crippen LogP contribution is -2.46. The summed E-state index contributed by atoms with van der Waals surface area (Å²) in [6.07, 6.45) is 0.934. The minimum Gasteiger partial charge on any atom is -0.497 e. The zero-order chi connectivity index (χ0) is 25.2. The third-order valence-electron chi connectivity index (χ3n) is 6.28. The number of nitrogens with one attached hydrogen (secondary N) is 1. The number of anilines is 1. The van der Waals surface area contributed by atoms with Crippen LogP contribution in [0.2, 0.25) is 0 Å². The third-order valence-corrected chi connectivity index (χ3v) is 6.28. The number of amides is 2. The largest absolute Gasteiger partial charge is 0.497 e. The van der Waals surface area contributed by atoms with Gasteiger partial charge in [0.15, 0.2) is 0 Å². The summed E-state index contributed by atoms with van der Waals surface area (Å²) < 4.78 is 25.0. The average Bonchev–Trinajstić information content (AvgIpc) is 3.38. The number of ether oxygens (including phenoxy) is 1. The van der Waals surface area contributed by atoms with Gasteiger partial charge in [-0.15, -0.1) is 0 Å². The molecule has 1 aliphatic rings. The van der Waals surface area contributed by atoms with E-state index in [4.69, 9.17) is 9.26 Å². The molecule has 1 N–H and O–H groups in total. The zero-order valence-electron chi connectivity index (χ0n) is 20.2. The Morgan fingerprint density at radius 1 is 1.08 bits per heavy atom. The molecule has 1 atom stereocenters. The van der Waals surface area contributed by atoms with Gasteiger partial charge in [-0.2, -0.15) is 4.98 Å². The number of aryl methyl sites for hydroxylation is 1. The van der Waals surface area contributed by atoms with E-state index >= 15 is 0 Å².